The van der Waals surface area contributed by atoms with E-state index in [0.29, 0.717) is 0 Å². The minimum atomic E-state index is 0.763. The van der Waals surface area contributed by atoms with Crippen LogP contribution in [0.1, 0.15) is 12.6 Å². The Labute approximate surface area is 174 Å². The van der Waals surface area contributed by atoms with E-state index in [1.54, 1.807) is 35.5 Å². The van der Waals surface area contributed by atoms with E-state index in [-0.39, 0.29) is 0 Å². The molecule has 4 aromatic rings. The highest BCUT2D eigenvalue weighted by Crippen LogP contribution is 2.30. The normalized spacial score (nSPS) is 11.0. The third-order valence-corrected chi connectivity index (χ3v) is 6.38. The molecule has 0 bridgehead atoms. The molecule has 136 valence electrons. The van der Waals surface area contributed by atoms with Gasteiger partial charge >= 0.3 is 0 Å². The molecular formula is C19H16BrN5S2. The van der Waals surface area contributed by atoms with Crippen molar-refractivity contribution in [2.24, 2.45) is 0 Å². The van der Waals surface area contributed by atoms with Crippen LogP contribution in [0.3, 0.4) is 0 Å². The van der Waals surface area contributed by atoms with Gasteiger partial charge < -0.3 is 4.57 Å². The minimum Gasteiger partial charge on any atom is -0.302 e. The molecule has 0 aliphatic rings. The number of aromatic nitrogens is 5. The lowest BCUT2D eigenvalue weighted by Gasteiger charge is -2.06. The van der Waals surface area contributed by atoms with Crippen LogP contribution >= 0.6 is 39.0 Å². The number of rotatable bonds is 6. The third-order valence-electron chi connectivity index (χ3n) is 3.94. The zero-order valence-electron chi connectivity index (χ0n) is 14.5. The Morgan fingerprint density at radius 1 is 1.11 bits per heavy atom. The van der Waals surface area contributed by atoms with Crippen molar-refractivity contribution >= 4 is 39.0 Å². The predicted molar refractivity (Wildman–Crippen MR) is 114 cm³/mol. The maximum absolute atomic E-state index is 4.77. The second-order valence-electron chi connectivity index (χ2n) is 5.73. The molecule has 4 rings (SSSR count). The highest BCUT2D eigenvalue weighted by Gasteiger charge is 2.14. The fourth-order valence-corrected chi connectivity index (χ4v) is 4.88. The summed E-state index contributed by atoms with van der Waals surface area (Å²) in [5, 5.41) is 12.8. The second-order valence-corrected chi connectivity index (χ2v) is 8.45. The van der Waals surface area contributed by atoms with Gasteiger partial charge in [0.2, 0.25) is 0 Å². The van der Waals surface area contributed by atoms with Gasteiger partial charge in [-0.3, -0.25) is 4.98 Å². The van der Waals surface area contributed by atoms with E-state index < -0.39 is 0 Å². The molecule has 0 N–H and O–H groups in total. The van der Waals surface area contributed by atoms with Gasteiger partial charge in [-0.15, -0.1) is 21.5 Å². The number of hydrogen-bond acceptors (Lipinski definition) is 6. The summed E-state index contributed by atoms with van der Waals surface area (Å²) in [6, 6.07) is 12.1. The van der Waals surface area contributed by atoms with Crippen molar-refractivity contribution in [2.45, 2.75) is 24.4 Å². The lowest BCUT2D eigenvalue weighted by atomic mass is 10.2. The van der Waals surface area contributed by atoms with Crippen LogP contribution in [0.2, 0.25) is 0 Å². The quantitative estimate of drug-likeness (QED) is 0.355. The Morgan fingerprint density at radius 2 is 1.96 bits per heavy atom. The van der Waals surface area contributed by atoms with Crippen LogP contribution in [0, 0.1) is 0 Å². The Morgan fingerprint density at radius 3 is 2.74 bits per heavy atom. The van der Waals surface area contributed by atoms with Crippen LogP contribution in [0.25, 0.3) is 22.0 Å². The molecule has 3 heterocycles. The Hall–Kier alpha value is -2.03. The van der Waals surface area contributed by atoms with E-state index in [2.05, 4.69) is 60.1 Å². The molecule has 0 atom stereocenters. The van der Waals surface area contributed by atoms with Gasteiger partial charge in [0.15, 0.2) is 11.0 Å². The standard InChI is InChI=1S/C19H16BrN5S2/c1-2-25-17(13-6-8-21-9-7-13)23-24-19(25)27-12-16-11-26-18(22-16)14-4-3-5-15(20)10-14/h3-11H,2,12H2,1H3. The van der Waals surface area contributed by atoms with Gasteiger partial charge in [0.1, 0.15) is 5.01 Å². The van der Waals surface area contributed by atoms with Crippen molar-refractivity contribution in [1.29, 1.82) is 0 Å². The molecule has 0 saturated heterocycles. The first-order chi connectivity index (χ1) is 13.2. The summed E-state index contributed by atoms with van der Waals surface area (Å²) in [5.74, 6) is 1.63. The number of halogens is 1. The third kappa shape index (κ3) is 4.12. The Bertz CT molecular complexity index is 1050. The number of nitrogens with zero attached hydrogens (tertiary/aromatic N) is 5. The van der Waals surface area contributed by atoms with E-state index in [0.717, 1.165) is 49.6 Å². The smallest absolute Gasteiger partial charge is 0.191 e. The number of pyridine rings is 1. The molecule has 0 saturated carbocycles. The number of benzene rings is 1. The van der Waals surface area contributed by atoms with Gasteiger partial charge in [-0.1, -0.05) is 39.8 Å². The average molecular weight is 458 g/mol. The largest absolute Gasteiger partial charge is 0.302 e. The molecule has 1 aromatic carbocycles. The van der Waals surface area contributed by atoms with Gasteiger partial charge in [0, 0.05) is 45.7 Å². The number of thioether (sulfide) groups is 1. The molecular weight excluding hydrogens is 442 g/mol. The summed E-state index contributed by atoms with van der Waals surface area (Å²) in [6.45, 7) is 2.92. The van der Waals surface area contributed by atoms with Crippen molar-refractivity contribution < 1.29 is 0 Å². The molecule has 0 amide bonds. The molecule has 27 heavy (non-hydrogen) atoms. The van der Waals surface area contributed by atoms with E-state index >= 15 is 0 Å². The molecule has 0 aliphatic heterocycles. The summed E-state index contributed by atoms with van der Waals surface area (Å²) in [4.78, 5) is 8.84. The molecule has 8 heteroatoms. The molecule has 3 aromatic heterocycles. The molecule has 0 spiro atoms. The Balaban J connectivity index is 1.51. The summed E-state index contributed by atoms with van der Waals surface area (Å²) in [5.41, 5.74) is 3.20. The van der Waals surface area contributed by atoms with Crippen LogP contribution in [0.15, 0.2) is 63.8 Å². The van der Waals surface area contributed by atoms with Crippen LogP contribution in [-0.2, 0) is 12.3 Å². The van der Waals surface area contributed by atoms with Crippen molar-refractivity contribution in [1.82, 2.24) is 24.7 Å². The monoisotopic (exact) mass is 457 g/mol. The second kappa shape index (κ2) is 8.33. The van der Waals surface area contributed by atoms with Gasteiger partial charge in [0.25, 0.3) is 0 Å². The molecule has 0 fully saturated rings. The lowest BCUT2D eigenvalue weighted by Crippen LogP contribution is -2.00. The van der Waals surface area contributed by atoms with Crippen LogP contribution in [0.4, 0.5) is 0 Å². The first kappa shape index (κ1) is 18.3. The van der Waals surface area contributed by atoms with E-state index in [9.17, 15) is 0 Å². The van der Waals surface area contributed by atoms with Gasteiger partial charge in [-0.2, -0.15) is 0 Å². The number of hydrogen-bond donors (Lipinski definition) is 0. The fourth-order valence-electron chi connectivity index (χ4n) is 2.66. The van der Waals surface area contributed by atoms with Crippen LogP contribution < -0.4 is 0 Å². The van der Waals surface area contributed by atoms with Gasteiger partial charge in [-0.25, -0.2) is 4.98 Å². The first-order valence-corrected chi connectivity index (χ1v) is 11.1. The van der Waals surface area contributed by atoms with Crippen molar-refractivity contribution in [3.05, 3.63) is 64.3 Å². The first-order valence-electron chi connectivity index (χ1n) is 8.41. The van der Waals surface area contributed by atoms with E-state index in [1.165, 1.54) is 0 Å². The van der Waals surface area contributed by atoms with E-state index in [1.807, 2.05) is 24.3 Å². The zero-order chi connectivity index (χ0) is 18.6. The van der Waals surface area contributed by atoms with E-state index in [4.69, 9.17) is 4.98 Å². The van der Waals surface area contributed by atoms with Gasteiger partial charge in [-0.05, 0) is 31.2 Å². The highest BCUT2D eigenvalue weighted by atomic mass is 79.9. The molecule has 0 radical (unpaired) electrons. The number of thiazole rings is 1. The summed E-state index contributed by atoms with van der Waals surface area (Å²) < 4.78 is 3.19. The average Bonchev–Trinajstić information content (AvgIpc) is 3.34. The summed E-state index contributed by atoms with van der Waals surface area (Å²) in [7, 11) is 0. The summed E-state index contributed by atoms with van der Waals surface area (Å²) >= 11 is 6.84. The molecule has 0 unspecified atom stereocenters. The lowest BCUT2D eigenvalue weighted by molar-refractivity contribution is 0.687. The van der Waals surface area contributed by atoms with Crippen molar-refractivity contribution in [3.8, 4) is 22.0 Å². The van der Waals surface area contributed by atoms with Gasteiger partial charge in [0.05, 0.1) is 5.69 Å². The maximum atomic E-state index is 4.77. The predicted octanol–water partition coefficient (Wildman–Crippen LogP) is 5.54. The van der Waals surface area contributed by atoms with Crippen LogP contribution in [0.5, 0.6) is 0 Å². The summed E-state index contributed by atoms with van der Waals surface area (Å²) in [6.07, 6.45) is 3.55. The molecule has 5 nitrogen and oxygen atoms in total. The van der Waals surface area contributed by atoms with Crippen molar-refractivity contribution in [2.75, 3.05) is 0 Å². The topological polar surface area (TPSA) is 56.5 Å². The van der Waals surface area contributed by atoms with Crippen LogP contribution in [-0.4, -0.2) is 24.7 Å². The Kier molecular flexibility index (Phi) is 5.66. The SMILES string of the molecule is CCn1c(SCc2csc(-c3cccc(Br)c3)n2)nnc1-c1ccncc1. The maximum Gasteiger partial charge on any atom is 0.191 e. The molecule has 0 aliphatic carbocycles. The highest BCUT2D eigenvalue weighted by molar-refractivity contribution is 9.10. The minimum absolute atomic E-state index is 0.763. The fraction of sp³-hybridized carbons (Fsp3) is 0.158. The zero-order valence-corrected chi connectivity index (χ0v) is 17.8. The van der Waals surface area contributed by atoms with Crippen molar-refractivity contribution in [3.63, 3.8) is 0 Å².